The Bertz CT molecular complexity index is 846. The van der Waals surface area contributed by atoms with Crippen LogP contribution in [-0.4, -0.2) is 57.9 Å². The smallest absolute Gasteiger partial charge is 0.257 e. The molecule has 2 aliphatic heterocycles. The number of hydrogen-bond acceptors (Lipinski definition) is 5. The summed E-state index contributed by atoms with van der Waals surface area (Å²) in [5, 5.41) is 3.42. The highest BCUT2D eigenvalue weighted by molar-refractivity contribution is 5.99. The van der Waals surface area contributed by atoms with Crippen LogP contribution in [0.2, 0.25) is 0 Å². The molecule has 0 bridgehead atoms. The zero-order valence-corrected chi connectivity index (χ0v) is 17.5. The molecule has 154 valence electrons. The number of carbonyl (C=O) groups is 1. The monoisotopic (exact) mass is 393 g/mol. The largest absolute Gasteiger partial charge is 0.367 e. The Labute approximate surface area is 173 Å². The number of nitrogens with zero attached hydrogens (tertiary/aromatic N) is 4. The van der Waals surface area contributed by atoms with E-state index in [1.165, 1.54) is 11.1 Å². The third kappa shape index (κ3) is 4.75. The molecule has 6 heteroatoms. The van der Waals surface area contributed by atoms with E-state index in [4.69, 9.17) is 4.98 Å². The molecule has 1 saturated heterocycles. The molecule has 0 aromatic carbocycles. The normalized spacial score (nSPS) is 17.3. The highest BCUT2D eigenvalue weighted by atomic mass is 16.2. The summed E-state index contributed by atoms with van der Waals surface area (Å²) in [6.45, 7) is 8.73. The molecule has 1 fully saturated rings. The van der Waals surface area contributed by atoms with Crippen LogP contribution in [0, 0.1) is 0 Å². The van der Waals surface area contributed by atoms with Gasteiger partial charge in [-0.2, -0.15) is 0 Å². The molecule has 0 spiro atoms. The van der Waals surface area contributed by atoms with Gasteiger partial charge in [0.15, 0.2) is 0 Å². The zero-order chi connectivity index (χ0) is 20.2. The van der Waals surface area contributed by atoms with Crippen LogP contribution >= 0.6 is 0 Å². The molecule has 1 N–H and O–H groups in total. The van der Waals surface area contributed by atoms with E-state index in [1.54, 1.807) is 0 Å². The van der Waals surface area contributed by atoms with Crippen molar-refractivity contribution in [2.24, 2.45) is 0 Å². The number of nitrogens with one attached hydrogen (secondary N) is 1. The molecule has 0 radical (unpaired) electrons. The van der Waals surface area contributed by atoms with Crippen molar-refractivity contribution in [2.75, 3.05) is 31.5 Å². The molecular weight excluding hydrogens is 362 g/mol. The highest BCUT2D eigenvalue weighted by Gasteiger charge is 2.26. The first-order valence-electron chi connectivity index (χ1n) is 10.8. The summed E-state index contributed by atoms with van der Waals surface area (Å²) in [5.41, 5.74) is 4.31. The van der Waals surface area contributed by atoms with Gasteiger partial charge in [-0.05, 0) is 56.4 Å². The van der Waals surface area contributed by atoms with E-state index in [2.05, 4.69) is 41.2 Å². The van der Waals surface area contributed by atoms with E-state index in [1.807, 2.05) is 23.4 Å². The summed E-state index contributed by atoms with van der Waals surface area (Å²) in [6, 6.07) is 6.46. The van der Waals surface area contributed by atoms with Crippen LogP contribution < -0.4 is 5.32 Å². The number of pyridine rings is 2. The van der Waals surface area contributed by atoms with Gasteiger partial charge in [0.1, 0.15) is 5.82 Å². The molecule has 6 nitrogen and oxygen atoms in total. The Kier molecular flexibility index (Phi) is 6.09. The van der Waals surface area contributed by atoms with Gasteiger partial charge < -0.3 is 10.2 Å². The number of fused-ring (bicyclic) bond motifs is 1. The molecule has 1 amide bonds. The zero-order valence-electron chi connectivity index (χ0n) is 17.5. The second-order valence-corrected chi connectivity index (χ2v) is 8.43. The van der Waals surface area contributed by atoms with Crippen molar-refractivity contribution in [3.63, 3.8) is 0 Å². The number of anilines is 1. The average molecular weight is 394 g/mol. The van der Waals surface area contributed by atoms with Crippen molar-refractivity contribution in [3.05, 3.63) is 53.0 Å². The Morgan fingerprint density at radius 2 is 1.97 bits per heavy atom. The summed E-state index contributed by atoms with van der Waals surface area (Å²) in [5.74, 6) is 0.869. The lowest BCUT2D eigenvalue weighted by Gasteiger charge is -2.21. The summed E-state index contributed by atoms with van der Waals surface area (Å²) in [6.07, 6.45) is 7.77. The molecule has 0 atom stereocenters. The minimum atomic E-state index is 0.123. The number of rotatable bonds is 5. The molecular formula is C23H31N5O. The fraction of sp³-hybridized carbons (Fsp3) is 0.522. The SMILES string of the molecule is CC(C)Nc1nc2c(cc1C(=O)N1CCCC1)CCN(Cc1cccnc1)CC2. The van der Waals surface area contributed by atoms with Crippen molar-refractivity contribution in [1.29, 1.82) is 0 Å². The van der Waals surface area contributed by atoms with E-state index in [-0.39, 0.29) is 11.9 Å². The minimum absolute atomic E-state index is 0.123. The van der Waals surface area contributed by atoms with Gasteiger partial charge >= 0.3 is 0 Å². The van der Waals surface area contributed by atoms with Gasteiger partial charge in [0.2, 0.25) is 0 Å². The third-order valence-electron chi connectivity index (χ3n) is 5.73. The second-order valence-electron chi connectivity index (χ2n) is 8.43. The molecule has 4 rings (SSSR count). The van der Waals surface area contributed by atoms with Crippen LogP contribution in [0.5, 0.6) is 0 Å². The van der Waals surface area contributed by atoms with Gasteiger partial charge in [0.05, 0.1) is 5.56 Å². The predicted octanol–water partition coefficient (Wildman–Crippen LogP) is 3.13. The summed E-state index contributed by atoms with van der Waals surface area (Å²) in [7, 11) is 0. The van der Waals surface area contributed by atoms with Crippen molar-refractivity contribution >= 4 is 11.7 Å². The van der Waals surface area contributed by atoms with E-state index in [0.717, 1.165) is 75.5 Å². The lowest BCUT2D eigenvalue weighted by atomic mass is 10.0. The maximum Gasteiger partial charge on any atom is 0.257 e. The van der Waals surface area contributed by atoms with Crippen molar-refractivity contribution in [2.45, 2.75) is 52.1 Å². The van der Waals surface area contributed by atoms with Crippen LogP contribution in [-0.2, 0) is 19.4 Å². The Balaban J connectivity index is 1.56. The summed E-state index contributed by atoms with van der Waals surface area (Å²) >= 11 is 0. The Morgan fingerprint density at radius 3 is 2.69 bits per heavy atom. The molecule has 0 saturated carbocycles. The second kappa shape index (κ2) is 8.91. The lowest BCUT2D eigenvalue weighted by molar-refractivity contribution is 0.0793. The van der Waals surface area contributed by atoms with Crippen LogP contribution in [0.1, 0.15) is 53.9 Å². The predicted molar refractivity (Wildman–Crippen MR) is 115 cm³/mol. The van der Waals surface area contributed by atoms with Gasteiger partial charge in [0, 0.05) is 63.3 Å². The maximum atomic E-state index is 13.2. The van der Waals surface area contributed by atoms with E-state index >= 15 is 0 Å². The van der Waals surface area contributed by atoms with Gasteiger partial charge in [-0.25, -0.2) is 4.98 Å². The van der Waals surface area contributed by atoms with Gasteiger partial charge in [-0.15, -0.1) is 0 Å². The fourth-order valence-corrected chi connectivity index (χ4v) is 4.23. The lowest BCUT2D eigenvalue weighted by Crippen LogP contribution is -2.29. The van der Waals surface area contributed by atoms with E-state index < -0.39 is 0 Å². The number of hydrogen-bond donors (Lipinski definition) is 1. The van der Waals surface area contributed by atoms with Crippen LogP contribution in [0.25, 0.3) is 0 Å². The van der Waals surface area contributed by atoms with Crippen molar-refractivity contribution in [3.8, 4) is 0 Å². The number of amides is 1. The molecule has 0 aliphatic carbocycles. The fourth-order valence-electron chi connectivity index (χ4n) is 4.23. The molecule has 2 aromatic rings. The standard InChI is InChI=1S/C23H31N5O/c1-17(2)25-22-20(23(29)28-10-3-4-11-28)14-19-7-12-27(13-8-21(19)26-22)16-18-6-5-9-24-15-18/h5-6,9,14-15,17H,3-4,7-8,10-13,16H2,1-2H3,(H,25,26). The molecule has 29 heavy (non-hydrogen) atoms. The van der Waals surface area contributed by atoms with Crippen molar-refractivity contribution < 1.29 is 4.79 Å². The van der Waals surface area contributed by atoms with Gasteiger partial charge in [-0.1, -0.05) is 6.07 Å². The van der Waals surface area contributed by atoms with Crippen LogP contribution in [0.3, 0.4) is 0 Å². The Morgan fingerprint density at radius 1 is 1.17 bits per heavy atom. The maximum absolute atomic E-state index is 13.2. The molecule has 0 unspecified atom stereocenters. The number of carbonyl (C=O) groups excluding carboxylic acids is 1. The van der Waals surface area contributed by atoms with Gasteiger partial charge in [-0.3, -0.25) is 14.7 Å². The van der Waals surface area contributed by atoms with Crippen LogP contribution in [0.15, 0.2) is 30.6 Å². The Hall–Kier alpha value is -2.47. The average Bonchev–Trinajstić information content (AvgIpc) is 3.18. The third-order valence-corrected chi connectivity index (χ3v) is 5.73. The number of aromatic nitrogens is 2. The minimum Gasteiger partial charge on any atom is -0.367 e. The van der Waals surface area contributed by atoms with Gasteiger partial charge in [0.25, 0.3) is 5.91 Å². The number of likely N-dealkylation sites (tertiary alicyclic amines) is 1. The quantitative estimate of drug-likeness (QED) is 0.846. The summed E-state index contributed by atoms with van der Waals surface area (Å²) < 4.78 is 0. The van der Waals surface area contributed by atoms with E-state index in [9.17, 15) is 4.79 Å². The first-order chi connectivity index (χ1) is 14.1. The first kappa shape index (κ1) is 19.8. The summed E-state index contributed by atoms with van der Waals surface area (Å²) in [4.78, 5) is 26.8. The van der Waals surface area contributed by atoms with Crippen molar-refractivity contribution in [1.82, 2.24) is 19.8 Å². The molecule has 2 aliphatic rings. The first-order valence-corrected chi connectivity index (χ1v) is 10.8. The topological polar surface area (TPSA) is 61.4 Å². The molecule has 4 heterocycles. The molecule has 2 aromatic heterocycles. The van der Waals surface area contributed by atoms with E-state index in [0.29, 0.717) is 0 Å². The highest BCUT2D eigenvalue weighted by Crippen LogP contribution is 2.25. The van der Waals surface area contributed by atoms with Crippen LogP contribution in [0.4, 0.5) is 5.82 Å².